The summed E-state index contributed by atoms with van der Waals surface area (Å²) in [4.78, 5) is 0. The van der Waals surface area contributed by atoms with Crippen LogP contribution in [0.25, 0.3) is 5.57 Å². The third-order valence-corrected chi connectivity index (χ3v) is 3.77. The van der Waals surface area contributed by atoms with E-state index in [4.69, 9.17) is 4.74 Å². The molecule has 0 aromatic heterocycles. The van der Waals surface area contributed by atoms with E-state index < -0.39 is 0 Å². The summed E-state index contributed by atoms with van der Waals surface area (Å²) in [6.45, 7) is 7.54. The number of ether oxygens (including phenoxy) is 1. The molecule has 0 radical (unpaired) electrons. The van der Waals surface area contributed by atoms with Crippen LogP contribution in [-0.4, -0.2) is 19.7 Å². The third kappa shape index (κ3) is 3.84. The highest BCUT2D eigenvalue weighted by Crippen LogP contribution is 2.27. The van der Waals surface area contributed by atoms with Gasteiger partial charge in [0.05, 0.1) is 7.11 Å². The number of rotatable bonds is 6. The lowest BCUT2D eigenvalue weighted by Crippen LogP contribution is -2.16. The highest BCUT2D eigenvalue weighted by atomic mass is 16.5. The van der Waals surface area contributed by atoms with Crippen LogP contribution in [0.3, 0.4) is 0 Å². The van der Waals surface area contributed by atoms with Gasteiger partial charge in [-0.05, 0) is 81.0 Å². The lowest BCUT2D eigenvalue weighted by atomic mass is 9.98. The maximum atomic E-state index is 5.36. The van der Waals surface area contributed by atoms with Gasteiger partial charge >= 0.3 is 0 Å². The molecule has 0 bridgehead atoms. The summed E-state index contributed by atoms with van der Waals surface area (Å²) in [7, 11) is 1.73. The van der Waals surface area contributed by atoms with Crippen molar-refractivity contribution in [2.24, 2.45) is 0 Å². The Hall–Kier alpha value is -1.28. The Balaban J connectivity index is 2.02. The van der Waals surface area contributed by atoms with Gasteiger partial charge in [0.25, 0.3) is 0 Å². The van der Waals surface area contributed by atoms with E-state index in [1.54, 1.807) is 7.11 Å². The topological polar surface area (TPSA) is 21.3 Å². The molecule has 0 saturated heterocycles. The largest absolute Gasteiger partial charge is 0.496 e. The Kier molecular flexibility index (Phi) is 4.65. The molecular weight excluding hydrogens is 234 g/mol. The molecule has 1 aromatic carbocycles. The van der Waals surface area contributed by atoms with Gasteiger partial charge in [0.2, 0.25) is 0 Å². The number of nitrogens with one attached hydrogen (secondary N) is 1. The van der Waals surface area contributed by atoms with Gasteiger partial charge < -0.3 is 10.1 Å². The van der Waals surface area contributed by atoms with Gasteiger partial charge in [-0.1, -0.05) is 6.08 Å². The molecule has 1 aromatic rings. The van der Waals surface area contributed by atoms with Crippen LogP contribution in [0.4, 0.5) is 0 Å². The Morgan fingerprint density at radius 1 is 1.32 bits per heavy atom. The Bertz CT molecular complexity index is 472. The van der Waals surface area contributed by atoms with Crippen molar-refractivity contribution < 1.29 is 4.74 Å². The maximum Gasteiger partial charge on any atom is 0.122 e. The monoisotopic (exact) mass is 259 g/mol. The average Bonchev–Trinajstić information content (AvgIpc) is 3.20. The fourth-order valence-electron chi connectivity index (χ4n) is 2.41. The van der Waals surface area contributed by atoms with E-state index in [1.807, 2.05) is 0 Å². The van der Waals surface area contributed by atoms with Crippen molar-refractivity contribution in [1.82, 2.24) is 5.32 Å². The molecule has 2 rings (SSSR count). The summed E-state index contributed by atoms with van der Waals surface area (Å²) in [5, 5.41) is 3.54. The van der Waals surface area contributed by atoms with Crippen molar-refractivity contribution in [1.29, 1.82) is 0 Å². The van der Waals surface area contributed by atoms with Crippen molar-refractivity contribution in [3.8, 4) is 5.75 Å². The zero-order valence-electron chi connectivity index (χ0n) is 12.5. The van der Waals surface area contributed by atoms with E-state index in [1.165, 1.54) is 35.1 Å². The van der Waals surface area contributed by atoms with E-state index in [0.29, 0.717) is 0 Å². The van der Waals surface area contributed by atoms with E-state index >= 15 is 0 Å². The summed E-state index contributed by atoms with van der Waals surface area (Å²) >= 11 is 0. The molecule has 0 aliphatic heterocycles. The van der Waals surface area contributed by atoms with Crippen molar-refractivity contribution in [3.05, 3.63) is 34.9 Å². The van der Waals surface area contributed by atoms with Crippen LogP contribution in [0.15, 0.2) is 18.2 Å². The molecule has 2 heteroatoms. The van der Waals surface area contributed by atoms with Gasteiger partial charge in [-0.2, -0.15) is 0 Å². The number of hydrogen-bond donors (Lipinski definition) is 1. The second kappa shape index (κ2) is 6.25. The lowest BCUT2D eigenvalue weighted by molar-refractivity contribution is 0.411. The van der Waals surface area contributed by atoms with E-state index in [9.17, 15) is 0 Å². The minimum absolute atomic E-state index is 0.804. The zero-order valence-corrected chi connectivity index (χ0v) is 12.5. The highest BCUT2D eigenvalue weighted by molar-refractivity contribution is 5.68. The van der Waals surface area contributed by atoms with Gasteiger partial charge in [0, 0.05) is 6.04 Å². The second-order valence-corrected chi connectivity index (χ2v) is 5.54. The summed E-state index contributed by atoms with van der Waals surface area (Å²) in [6, 6.07) is 5.16. The highest BCUT2D eigenvalue weighted by Gasteiger charge is 2.19. The zero-order chi connectivity index (χ0) is 13.8. The van der Waals surface area contributed by atoms with Crippen LogP contribution in [0.5, 0.6) is 5.75 Å². The number of benzene rings is 1. The predicted molar refractivity (Wildman–Crippen MR) is 81.8 cm³/mol. The first-order chi connectivity index (χ1) is 9.11. The molecule has 0 atom stereocenters. The summed E-state index contributed by atoms with van der Waals surface area (Å²) in [6.07, 6.45) is 6.16. The van der Waals surface area contributed by atoms with Crippen LogP contribution in [0, 0.1) is 13.8 Å². The van der Waals surface area contributed by atoms with Gasteiger partial charge in [-0.15, -0.1) is 0 Å². The minimum atomic E-state index is 0.804. The van der Waals surface area contributed by atoms with Crippen LogP contribution >= 0.6 is 0 Å². The van der Waals surface area contributed by atoms with E-state index in [2.05, 4.69) is 44.3 Å². The normalized spacial score (nSPS) is 15.7. The minimum Gasteiger partial charge on any atom is -0.496 e. The number of methoxy groups -OCH3 is 1. The number of aryl methyl sites for hydroxylation is 2. The van der Waals surface area contributed by atoms with Crippen molar-refractivity contribution >= 4 is 5.57 Å². The summed E-state index contributed by atoms with van der Waals surface area (Å²) in [5.41, 5.74) is 5.18. The van der Waals surface area contributed by atoms with Crippen LogP contribution < -0.4 is 10.1 Å². The van der Waals surface area contributed by atoms with Gasteiger partial charge in [0.15, 0.2) is 0 Å². The van der Waals surface area contributed by atoms with Crippen LogP contribution in [0.2, 0.25) is 0 Å². The first-order valence-electron chi connectivity index (χ1n) is 7.17. The molecule has 0 spiro atoms. The molecule has 1 N–H and O–H groups in total. The first kappa shape index (κ1) is 14.1. The summed E-state index contributed by atoms with van der Waals surface area (Å²) < 4.78 is 5.36. The molecule has 1 aliphatic rings. The van der Waals surface area contributed by atoms with Crippen molar-refractivity contribution in [2.75, 3.05) is 13.7 Å². The van der Waals surface area contributed by atoms with Gasteiger partial charge in [-0.25, -0.2) is 0 Å². The fraction of sp³-hybridized carbons (Fsp3) is 0.529. The third-order valence-electron chi connectivity index (χ3n) is 3.77. The number of allylic oxidation sites excluding steroid dienone is 1. The van der Waals surface area contributed by atoms with Crippen LogP contribution in [-0.2, 0) is 0 Å². The summed E-state index contributed by atoms with van der Waals surface area (Å²) in [5.74, 6) is 0.976. The Labute approximate surface area is 116 Å². The molecular formula is C17H25NO. The molecule has 0 amide bonds. The van der Waals surface area contributed by atoms with E-state index in [-0.39, 0.29) is 0 Å². The smallest absolute Gasteiger partial charge is 0.122 e. The van der Waals surface area contributed by atoms with Crippen molar-refractivity contribution in [2.45, 2.75) is 46.1 Å². The molecule has 19 heavy (non-hydrogen) atoms. The van der Waals surface area contributed by atoms with Gasteiger partial charge in [-0.3, -0.25) is 0 Å². The number of hydrogen-bond acceptors (Lipinski definition) is 2. The molecule has 1 saturated carbocycles. The maximum absolute atomic E-state index is 5.36. The Morgan fingerprint density at radius 2 is 2.05 bits per heavy atom. The van der Waals surface area contributed by atoms with Crippen LogP contribution in [0.1, 0.15) is 42.9 Å². The standard InChI is InChI=1S/C17H25NO/c1-12(6-5-9-18-15-7-8-15)16-10-14(3)17(19-4)11-13(16)2/h6,10-11,15,18H,5,7-9H2,1-4H3/b12-6+. The van der Waals surface area contributed by atoms with Gasteiger partial charge in [0.1, 0.15) is 5.75 Å². The SMILES string of the molecule is COc1cc(C)c(/C(C)=C/CCNC2CC2)cc1C. The molecule has 1 fully saturated rings. The fourth-order valence-corrected chi connectivity index (χ4v) is 2.41. The Morgan fingerprint density at radius 3 is 2.68 bits per heavy atom. The lowest BCUT2D eigenvalue weighted by Gasteiger charge is -2.12. The molecule has 0 unspecified atom stereocenters. The molecule has 0 heterocycles. The molecule has 1 aliphatic carbocycles. The van der Waals surface area contributed by atoms with Crippen molar-refractivity contribution in [3.63, 3.8) is 0 Å². The second-order valence-electron chi connectivity index (χ2n) is 5.54. The van der Waals surface area contributed by atoms with E-state index in [0.717, 1.165) is 24.8 Å². The molecule has 104 valence electrons. The quantitative estimate of drug-likeness (QED) is 0.783. The first-order valence-corrected chi connectivity index (χ1v) is 7.17. The average molecular weight is 259 g/mol. The predicted octanol–water partition coefficient (Wildman–Crippen LogP) is 3.86. The molecule has 2 nitrogen and oxygen atoms in total.